The van der Waals surface area contributed by atoms with Gasteiger partial charge in [0.1, 0.15) is 12.2 Å². The Morgan fingerprint density at radius 3 is 2.84 bits per heavy atom. The van der Waals surface area contributed by atoms with Crippen molar-refractivity contribution in [3.05, 3.63) is 33.1 Å². The second-order valence-electron chi connectivity index (χ2n) is 6.84. The number of phosphoric ester groups is 1. The Labute approximate surface area is 142 Å². The minimum absolute atomic E-state index is 0.0178. The Morgan fingerprint density at radius 2 is 2.20 bits per heavy atom. The first-order chi connectivity index (χ1) is 11.8. The fourth-order valence-electron chi connectivity index (χ4n) is 3.26. The van der Waals surface area contributed by atoms with Crippen LogP contribution in [0.1, 0.15) is 32.4 Å². The molecule has 3 aliphatic rings. The van der Waals surface area contributed by atoms with Gasteiger partial charge in [0.15, 0.2) is 6.23 Å². The van der Waals surface area contributed by atoms with Crippen LogP contribution in [0.15, 0.2) is 21.9 Å². The van der Waals surface area contributed by atoms with Crippen LogP contribution >= 0.6 is 7.82 Å². The predicted octanol–water partition coefficient (Wildman–Crippen LogP) is 0.244. The number of nitrogens with zero attached hydrogens (tertiary/aromatic N) is 1. The summed E-state index contributed by atoms with van der Waals surface area (Å²) in [6.07, 6.45) is 1.53. The molecule has 138 valence electrons. The lowest BCUT2D eigenvalue weighted by Crippen LogP contribution is -2.55. The molecule has 1 aromatic heterocycles. The molecular formula is C14H20N3O7P. The van der Waals surface area contributed by atoms with Crippen LogP contribution in [-0.4, -0.2) is 40.0 Å². The van der Waals surface area contributed by atoms with Crippen LogP contribution in [0.2, 0.25) is 0 Å². The van der Waals surface area contributed by atoms with Crippen molar-refractivity contribution in [1.82, 2.24) is 9.55 Å². The second kappa shape index (κ2) is 5.87. The number of hydrogen-bond donors (Lipinski definition) is 2. The summed E-state index contributed by atoms with van der Waals surface area (Å²) in [5, 5.41) is 0. The highest BCUT2D eigenvalue weighted by Gasteiger charge is 2.59. The van der Waals surface area contributed by atoms with E-state index in [4.69, 9.17) is 24.0 Å². The fraction of sp³-hybridized carbons (Fsp3) is 0.714. The molecule has 10 nitrogen and oxygen atoms in total. The summed E-state index contributed by atoms with van der Waals surface area (Å²) < 4.78 is 36.1. The molecule has 11 heteroatoms. The molecule has 0 spiro atoms. The van der Waals surface area contributed by atoms with Gasteiger partial charge in [-0.2, -0.15) is 0 Å². The lowest BCUT2D eigenvalue weighted by atomic mass is 9.93. The number of nitrogens with one attached hydrogen (secondary N) is 1. The molecule has 4 rings (SSSR count). The van der Waals surface area contributed by atoms with E-state index in [1.54, 1.807) is 6.92 Å². The van der Waals surface area contributed by atoms with E-state index in [0.717, 1.165) is 19.3 Å². The molecule has 25 heavy (non-hydrogen) atoms. The number of aromatic nitrogens is 2. The number of nitrogens with two attached hydrogens (primary N) is 1. The Bertz CT molecular complexity index is 830. The quantitative estimate of drug-likeness (QED) is 0.720. The maximum atomic E-state index is 12.7. The van der Waals surface area contributed by atoms with Crippen LogP contribution in [0.4, 0.5) is 0 Å². The van der Waals surface area contributed by atoms with Gasteiger partial charge >= 0.3 is 13.5 Å². The summed E-state index contributed by atoms with van der Waals surface area (Å²) in [6.45, 7) is 1.62. The van der Waals surface area contributed by atoms with Crippen molar-refractivity contribution in [1.29, 1.82) is 0 Å². The van der Waals surface area contributed by atoms with Gasteiger partial charge in [0.25, 0.3) is 5.56 Å². The van der Waals surface area contributed by atoms with Crippen molar-refractivity contribution in [3.8, 4) is 0 Å². The van der Waals surface area contributed by atoms with Crippen LogP contribution in [0.25, 0.3) is 0 Å². The standard InChI is InChI=1S/C14H20N3O7P/c1-14(15)11-9(7-21-25(20,24-11)23-8-3-2-4-8)22-12(14)17-6-5-10(18)16-13(17)19/h5-6,8-9,11-12H,2-4,7,15H2,1H3,(H,16,18,19)/t9-,11?,12-,14-,25-/m1/s1. The highest BCUT2D eigenvalue weighted by Crippen LogP contribution is 2.59. The van der Waals surface area contributed by atoms with E-state index in [2.05, 4.69) is 4.98 Å². The molecule has 1 unspecified atom stereocenters. The van der Waals surface area contributed by atoms with Crippen molar-refractivity contribution < 1.29 is 22.9 Å². The van der Waals surface area contributed by atoms with E-state index < -0.39 is 43.0 Å². The van der Waals surface area contributed by atoms with E-state index >= 15 is 0 Å². The molecule has 3 N–H and O–H groups in total. The van der Waals surface area contributed by atoms with Gasteiger partial charge in [-0.1, -0.05) is 0 Å². The third-order valence-corrected chi connectivity index (χ3v) is 6.37. The summed E-state index contributed by atoms with van der Waals surface area (Å²) in [4.78, 5) is 25.5. The van der Waals surface area contributed by atoms with Gasteiger partial charge in [0.2, 0.25) is 0 Å². The van der Waals surface area contributed by atoms with Crippen LogP contribution < -0.4 is 17.0 Å². The van der Waals surface area contributed by atoms with Gasteiger partial charge in [-0.05, 0) is 26.2 Å². The highest BCUT2D eigenvalue weighted by molar-refractivity contribution is 7.48. The number of rotatable bonds is 3. The van der Waals surface area contributed by atoms with Crippen LogP contribution in [0.5, 0.6) is 0 Å². The first-order valence-electron chi connectivity index (χ1n) is 8.16. The predicted molar refractivity (Wildman–Crippen MR) is 85.0 cm³/mol. The first-order valence-corrected chi connectivity index (χ1v) is 9.62. The molecule has 5 atom stereocenters. The van der Waals surface area contributed by atoms with Gasteiger partial charge < -0.3 is 10.5 Å². The number of ether oxygens (including phenoxy) is 1. The van der Waals surface area contributed by atoms with Crippen molar-refractivity contribution in [2.45, 2.75) is 56.3 Å². The summed E-state index contributed by atoms with van der Waals surface area (Å²) >= 11 is 0. The SMILES string of the molecule is C[C@@]1(N)C2O[P@@](=O)(OC3CCC3)OC[C@H]2O[C@H]1n1ccc(=O)[nH]c1=O. The summed E-state index contributed by atoms with van der Waals surface area (Å²) in [7, 11) is -3.73. The smallest absolute Gasteiger partial charge is 0.347 e. The molecule has 3 heterocycles. The monoisotopic (exact) mass is 373 g/mol. The maximum absolute atomic E-state index is 12.7. The van der Waals surface area contributed by atoms with Gasteiger partial charge in [-0.3, -0.25) is 27.9 Å². The highest BCUT2D eigenvalue weighted by atomic mass is 31.2. The number of hydrogen-bond acceptors (Lipinski definition) is 8. The Morgan fingerprint density at radius 1 is 1.44 bits per heavy atom. The minimum atomic E-state index is -3.73. The van der Waals surface area contributed by atoms with Gasteiger partial charge in [0.05, 0.1) is 18.2 Å². The lowest BCUT2D eigenvalue weighted by Gasteiger charge is -2.38. The first kappa shape index (κ1) is 17.1. The van der Waals surface area contributed by atoms with Crippen molar-refractivity contribution in [3.63, 3.8) is 0 Å². The summed E-state index contributed by atoms with van der Waals surface area (Å²) in [5.74, 6) is 0. The van der Waals surface area contributed by atoms with E-state index in [0.29, 0.717) is 0 Å². The number of H-pyrrole nitrogens is 1. The normalized spacial score (nSPS) is 41.3. The average molecular weight is 373 g/mol. The fourth-order valence-corrected chi connectivity index (χ4v) is 4.98. The van der Waals surface area contributed by atoms with E-state index in [9.17, 15) is 14.2 Å². The third kappa shape index (κ3) is 2.92. The molecule has 0 aromatic carbocycles. The summed E-state index contributed by atoms with van der Waals surface area (Å²) in [5.41, 5.74) is 4.02. The lowest BCUT2D eigenvalue weighted by molar-refractivity contribution is -0.0800. The van der Waals surface area contributed by atoms with Crippen molar-refractivity contribution in [2.24, 2.45) is 5.73 Å². The molecule has 0 amide bonds. The van der Waals surface area contributed by atoms with Crippen LogP contribution in [0, 0.1) is 0 Å². The zero-order chi connectivity index (χ0) is 17.8. The van der Waals surface area contributed by atoms with Crippen molar-refractivity contribution >= 4 is 7.82 Å². The van der Waals surface area contributed by atoms with Gasteiger partial charge in [-0.25, -0.2) is 9.36 Å². The largest absolute Gasteiger partial charge is 0.475 e. The van der Waals surface area contributed by atoms with Gasteiger partial charge in [0, 0.05) is 12.3 Å². The molecule has 1 aliphatic carbocycles. The van der Waals surface area contributed by atoms with Crippen LogP contribution in [-0.2, 0) is 22.9 Å². The molecular weight excluding hydrogens is 353 g/mol. The molecule has 1 aromatic rings. The number of aromatic amines is 1. The number of fused-ring (bicyclic) bond motifs is 1. The minimum Gasteiger partial charge on any atom is -0.347 e. The average Bonchev–Trinajstić information content (AvgIpc) is 2.75. The van der Waals surface area contributed by atoms with Crippen molar-refractivity contribution in [2.75, 3.05) is 6.61 Å². The molecule has 0 bridgehead atoms. The molecule has 0 radical (unpaired) electrons. The van der Waals surface area contributed by atoms with E-state index in [-0.39, 0.29) is 12.7 Å². The zero-order valence-corrected chi connectivity index (χ0v) is 14.5. The summed E-state index contributed by atoms with van der Waals surface area (Å²) in [6, 6.07) is 1.20. The zero-order valence-electron chi connectivity index (χ0n) is 13.6. The van der Waals surface area contributed by atoms with Crippen LogP contribution in [0.3, 0.4) is 0 Å². The number of phosphoric acid groups is 1. The molecule has 2 saturated heterocycles. The van der Waals surface area contributed by atoms with E-state index in [1.807, 2.05) is 0 Å². The Kier molecular flexibility index (Phi) is 4.02. The van der Waals surface area contributed by atoms with Gasteiger partial charge in [-0.15, -0.1) is 0 Å². The molecule has 2 aliphatic heterocycles. The third-order valence-electron chi connectivity index (χ3n) is 4.86. The Balaban J connectivity index is 1.60. The van der Waals surface area contributed by atoms with E-state index in [1.165, 1.54) is 16.8 Å². The molecule has 3 fully saturated rings. The maximum Gasteiger partial charge on any atom is 0.475 e. The molecule has 1 saturated carbocycles. The Hall–Kier alpha value is -1.29. The topological polar surface area (TPSA) is 135 Å². The second-order valence-corrected chi connectivity index (χ2v) is 8.41.